The maximum absolute atomic E-state index is 5.42. The normalized spacial score (nSPS) is 18.5. The Morgan fingerprint density at radius 3 is 2.76 bits per heavy atom. The predicted molar refractivity (Wildman–Crippen MR) is 92.1 cm³/mol. The molecule has 1 aliphatic heterocycles. The van der Waals surface area contributed by atoms with Crippen molar-refractivity contribution in [2.45, 2.75) is 32.7 Å². The van der Waals surface area contributed by atoms with Crippen molar-refractivity contribution in [1.29, 1.82) is 0 Å². The van der Waals surface area contributed by atoms with E-state index >= 15 is 0 Å². The summed E-state index contributed by atoms with van der Waals surface area (Å²) >= 11 is 5.36. The average molecular weight is 307 g/mol. The molecular formula is C16H25N3OS. The van der Waals surface area contributed by atoms with Crippen LogP contribution in [0, 0.1) is 0 Å². The molecule has 0 bridgehead atoms. The fourth-order valence-electron chi connectivity index (χ4n) is 2.73. The highest BCUT2D eigenvalue weighted by atomic mass is 32.1. The third-order valence-corrected chi connectivity index (χ3v) is 4.07. The Morgan fingerprint density at radius 2 is 2.10 bits per heavy atom. The molecule has 1 aromatic rings. The molecular weight excluding hydrogens is 282 g/mol. The van der Waals surface area contributed by atoms with Crippen molar-refractivity contribution in [2.75, 3.05) is 31.6 Å². The fourth-order valence-corrected chi connectivity index (χ4v) is 2.93. The highest BCUT2D eigenvalue weighted by Gasteiger charge is 2.22. The molecule has 1 aliphatic rings. The van der Waals surface area contributed by atoms with Crippen molar-refractivity contribution in [1.82, 2.24) is 10.2 Å². The minimum atomic E-state index is 0.607. The molecule has 116 valence electrons. The van der Waals surface area contributed by atoms with Crippen LogP contribution in [0.3, 0.4) is 0 Å². The summed E-state index contributed by atoms with van der Waals surface area (Å²) < 4.78 is 5.42. The molecule has 5 heteroatoms. The van der Waals surface area contributed by atoms with Crippen LogP contribution in [0.1, 0.15) is 26.7 Å². The molecule has 1 aromatic carbocycles. The van der Waals surface area contributed by atoms with Crippen molar-refractivity contribution in [3.63, 3.8) is 0 Å². The first-order valence-corrected chi connectivity index (χ1v) is 8.15. The Hall–Kier alpha value is -1.33. The summed E-state index contributed by atoms with van der Waals surface area (Å²) in [5.74, 6) is 0.881. The summed E-state index contributed by atoms with van der Waals surface area (Å²) in [7, 11) is 0. The standard InChI is InChI=1S/C16H25N3OS/c1-3-19-11-5-6-14(19)12-17-16(21)18-13-7-9-15(10-8-13)20-4-2/h7-10,14H,3-6,11-12H2,1-2H3,(H2,17,18,21)/t14-/m1/s1. The van der Waals surface area contributed by atoms with Gasteiger partial charge in [0.25, 0.3) is 0 Å². The molecule has 0 unspecified atom stereocenters. The molecule has 0 radical (unpaired) electrons. The number of likely N-dealkylation sites (tertiary alicyclic amines) is 1. The second kappa shape index (κ2) is 8.20. The molecule has 1 fully saturated rings. The first-order valence-electron chi connectivity index (χ1n) is 7.74. The number of nitrogens with one attached hydrogen (secondary N) is 2. The minimum absolute atomic E-state index is 0.607. The topological polar surface area (TPSA) is 36.5 Å². The first kappa shape index (κ1) is 16.0. The Bertz CT molecular complexity index is 449. The third-order valence-electron chi connectivity index (χ3n) is 3.83. The number of nitrogens with zero attached hydrogens (tertiary/aromatic N) is 1. The lowest BCUT2D eigenvalue weighted by Gasteiger charge is -2.23. The largest absolute Gasteiger partial charge is 0.494 e. The van der Waals surface area contributed by atoms with Gasteiger partial charge in [-0.15, -0.1) is 0 Å². The molecule has 0 amide bonds. The van der Waals surface area contributed by atoms with Crippen molar-refractivity contribution in [3.05, 3.63) is 24.3 Å². The summed E-state index contributed by atoms with van der Waals surface area (Å²) in [5, 5.41) is 7.22. The monoisotopic (exact) mass is 307 g/mol. The number of hydrogen-bond acceptors (Lipinski definition) is 3. The van der Waals surface area contributed by atoms with Crippen LogP contribution in [0.2, 0.25) is 0 Å². The van der Waals surface area contributed by atoms with Crippen molar-refractivity contribution in [3.8, 4) is 5.75 Å². The van der Waals surface area contributed by atoms with Gasteiger partial charge in [0.1, 0.15) is 5.75 Å². The number of ether oxygens (including phenoxy) is 1. The SMILES string of the molecule is CCOc1ccc(NC(=S)NC[C@H]2CCCN2CC)cc1. The number of rotatable bonds is 6. The van der Waals surface area contributed by atoms with E-state index in [4.69, 9.17) is 17.0 Å². The van der Waals surface area contributed by atoms with Gasteiger partial charge in [-0.2, -0.15) is 0 Å². The number of anilines is 1. The highest BCUT2D eigenvalue weighted by molar-refractivity contribution is 7.80. The lowest BCUT2D eigenvalue weighted by Crippen LogP contribution is -2.41. The van der Waals surface area contributed by atoms with E-state index < -0.39 is 0 Å². The van der Waals surface area contributed by atoms with Crippen LogP contribution < -0.4 is 15.4 Å². The molecule has 21 heavy (non-hydrogen) atoms. The molecule has 1 heterocycles. The zero-order valence-corrected chi connectivity index (χ0v) is 13.7. The summed E-state index contributed by atoms with van der Waals surface area (Å²) in [6, 6.07) is 8.46. The summed E-state index contributed by atoms with van der Waals surface area (Å²) in [6.07, 6.45) is 2.55. The van der Waals surface area contributed by atoms with Crippen LogP contribution in [-0.2, 0) is 0 Å². The molecule has 2 N–H and O–H groups in total. The average Bonchev–Trinajstić information content (AvgIpc) is 2.95. The zero-order chi connectivity index (χ0) is 15.1. The van der Waals surface area contributed by atoms with E-state index in [1.807, 2.05) is 31.2 Å². The van der Waals surface area contributed by atoms with E-state index in [-0.39, 0.29) is 0 Å². The number of thiocarbonyl (C=S) groups is 1. The van der Waals surface area contributed by atoms with Gasteiger partial charge in [-0.05, 0) is 69.3 Å². The van der Waals surface area contributed by atoms with Crippen molar-refractivity contribution in [2.24, 2.45) is 0 Å². The minimum Gasteiger partial charge on any atom is -0.494 e. The lowest BCUT2D eigenvalue weighted by molar-refractivity contribution is 0.267. The van der Waals surface area contributed by atoms with Crippen LogP contribution in [0.4, 0.5) is 5.69 Å². The van der Waals surface area contributed by atoms with Crippen LogP contribution in [0.15, 0.2) is 24.3 Å². The molecule has 1 saturated heterocycles. The maximum Gasteiger partial charge on any atom is 0.170 e. The summed E-state index contributed by atoms with van der Waals surface area (Å²) in [4.78, 5) is 2.51. The van der Waals surface area contributed by atoms with E-state index in [1.54, 1.807) is 0 Å². The van der Waals surface area contributed by atoms with Crippen molar-refractivity contribution < 1.29 is 4.74 Å². The Labute approximate surface area is 132 Å². The highest BCUT2D eigenvalue weighted by Crippen LogP contribution is 2.17. The Kier molecular flexibility index (Phi) is 6.26. The summed E-state index contributed by atoms with van der Waals surface area (Å²) in [5.41, 5.74) is 0.981. The van der Waals surface area contributed by atoms with E-state index in [0.717, 1.165) is 24.5 Å². The van der Waals surface area contributed by atoms with Gasteiger partial charge in [-0.25, -0.2) is 0 Å². The Balaban J connectivity index is 1.76. The molecule has 1 atom stereocenters. The van der Waals surface area contributed by atoms with Gasteiger partial charge in [0.2, 0.25) is 0 Å². The first-order chi connectivity index (χ1) is 10.2. The predicted octanol–water partition coefficient (Wildman–Crippen LogP) is 2.86. The number of likely N-dealkylation sites (N-methyl/N-ethyl adjacent to an activating group) is 1. The van der Waals surface area contributed by atoms with E-state index in [0.29, 0.717) is 17.8 Å². The van der Waals surface area contributed by atoms with Gasteiger partial charge in [-0.1, -0.05) is 6.92 Å². The molecule has 4 nitrogen and oxygen atoms in total. The van der Waals surface area contributed by atoms with E-state index in [9.17, 15) is 0 Å². The van der Waals surface area contributed by atoms with Crippen LogP contribution in [0.25, 0.3) is 0 Å². The number of benzene rings is 1. The van der Waals surface area contributed by atoms with E-state index in [2.05, 4.69) is 22.5 Å². The van der Waals surface area contributed by atoms with Crippen molar-refractivity contribution >= 4 is 23.0 Å². The molecule has 0 aromatic heterocycles. The Morgan fingerprint density at radius 1 is 1.33 bits per heavy atom. The smallest absolute Gasteiger partial charge is 0.170 e. The zero-order valence-electron chi connectivity index (χ0n) is 12.9. The van der Waals surface area contributed by atoms with Crippen LogP contribution >= 0.6 is 12.2 Å². The van der Waals surface area contributed by atoms with Gasteiger partial charge in [0, 0.05) is 18.3 Å². The van der Waals surface area contributed by atoms with Gasteiger partial charge in [-0.3, -0.25) is 4.90 Å². The number of hydrogen-bond donors (Lipinski definition) is 2. The molecule has 0 spiro atoms. The molecule has 0 saturated carbocycles. The second-order valence-corrected chi connectivity index (χ2v) is 5.63. The molecule has 0 aliphatic carbocycles. The van der Waals surface area contributed by atoms with Gasteiger partial charge in [0.05, 0.1) is 6.61 Å². The molecule has 2 rings (SSSR count). The van der Waals surface area contributed by atoms with E-state index in [1.165, 1.54) is 19.4 Å². The third kappa shape index (κ3) is 4.86. The van der Waals surface area contributed by atoms with Gasteiger partial charge in [0.15, 0.2) is 5.11 Å². The lowest BCUT2D eigenvalue weighted by atomic mass is 10.2. The van der Waals surface area contributed by atoms with Gasteiger partial charge >= 0.3 is 0 Å². The second-order valence-electron chi connectivity index (χ2n) is 5.22. The van der Waals surface area contributed by atoms with Crippen LogP contribution in [0.5, 0.6) is 5.75 Å². The van der Waals surface area contributed by atoms with Crippen LogP contribution in [-0.4, -0.2) is 42.3 Å². The maximum atomic E-state index is 5.42. The summed E-state index contributed by atoms with van der Waals surface area (Å²) in [6.45, 7) is 8.12. The van der Waals surface area contributed by atoms with Gasteiger partial charge < -0.3 is 15.4 Å². The fraction of sp³-hybridized carbons (Fsp3) is 0.562. The quantitative estimate of drug-likeness (QED) is 0.790.